The SMILES string of the molecule is CCOC(=O)N(CC(=O)OC)c1ccccc1. The number of amides is 1. The average Bonchev–Trinajstić information content (AvgIpc) is 2.36. The van der Waals surface area contributed by atoms with Crippen LogP contribution < -0.4 is 4.90 Å². The summed E-state index contributed by atoms with van der Waals surface area (Å²) in [6.07, 6.45) is -0.566. The first kappa shape index (κ1) is 13.0. The fourth-order valence-corrected chi connectivity index (χ4v) is 1.26. The van der Waals surface area contributed by atoms with Crippen molar-refractivity contribution in [2.75, 3.05) is 25.2 Å². The summed E-state index contributed by atoms with van der Waals surface area (Å²) < 4.78 is 9.43. The second-order valence-electron chi connectivity index (χ2n) is 3.20. The summed E-state index contributed by atoms with van der Waals surface area (Å²) in [5.41, 5.74) is 0.594. The molecular formula is C12H15NO4. The van der Waals surface area contributed by atoms with Gasteiger partial charge in [-0.05, 0) is 19.1 Å². The zero-order valence-electron chi connectivity index (χ0n) is 9.88. The van der Waals surface area contributed by atoms with Gasteiger partial charge in [0.25, 0.3) is 0 Å². The van der Waals surface area contributed by atoms with Crippen LogP contribution in [-0.2, 0) is 14.3 Å². The predicted molar refractivity (Wildman–Crippen MR) is 62.8 cm³/mol. The van der Waals surface area contributed by atoms with E-state index < -0.39 is 12.1 Å². The van der Waals surface area contributed by atoms with Gasteiger partial charge in [0.2, 0.25) is 0 Å². The van der Waals surface area contributed by atoms with Crippen LogP contribution in [0.2, 0.25) is 0 Å². The Bertz CT molecular complexity index is 377. The van der Waals surface area contributed by atoms with E-state index in [-0.39, 0.29) is 13.2 Å². The molecule has 92 valence electrons. The van der Waals surface area contributed by atoms with Crippen molar-refractivity contribution in [2.24, 2.45) is 0 Å². The van der Waals surface area contributed by atoms with Gasteiger partial charge in [-0.15, -0.1) is 0 Å². The Labute approximate surface area is 99.9 Å². The number of carbonyl (C=O) groups is 2. The van der Waals surface area contributed by atoms with Crippen LogP contribution in [0.4, 0.5) is 10.5 Å². The molecule has 5 heteroatoms. The maximum absolute atomic E-state index is 11.7. The summed E-state index contributed by atoms with van der Waals surface area (Å²) in [6.45, 7) is 1.79. The van der Waals surface area contributed by atoms with Crippen LogP contribution >= 0.6 is 0 Å². The van der Waals surface area contributed by atoms with Gasteiger partial charge in [-0.2, -0.15) is 0 Å². The highest BCUT2D eigenvalue weighted by molar-refractivity contribution is 5.93. The fourth-order valence-electron chi connectivity index (χ4n) is 1.26. The van der Waals surface area contributed by atoms with E-state index in [2.05, 4.69) is 4.74 Å². The lowest BCUT2D eigenvalue weighted by molar-refractivity contribution is -0.138. The number of anilines is 1. The third-order valence-electron chi connectivity index (χ3n) is 2.07. The van der Waals surface area contributed by atoms with Gasteiger partial charge >= 0.3 is 12.1 Å². The molecule has 5 nitrogen and oxygen atoms in total. The van der Waals surface area contributed by atoms with Crippen LogP contribution in [0.3, 0.4) is 0 Å². The Balaban J connectivity index is 2.86. The molecule has 0 aromatic heterocycles. The van der Waals surface area contributed by atoms with Crippen molar-refractivity contribution in [1.29, 1.82) is 0 Å². The van der Waals surface area contributed by atoms with Gasteiger partial charge in [-0.25, -0.2) is 4.79 Å². The van der Waals surface area contributed by atoms with Crippen molar-refractivity contribution in [2.45, 2.75) is 6.92 Å². The smallest absolute Gasteiger partial charge is 0.414 e. The van der Waals surface area contributed by atoms with Crippen LogP contribution in [0.1, 0.15) is 6.92 Å². The van der Waals surface area contributed by atoms with Crippen LogP contribution in [0.25, 0.3) is 0 Å². The Hall–Kier alpha value is -2.04. The molecule has 1 amide bonds. The van der Waals surface area contributed by atoms with Crippen LogP contribution in [0, 0.1) is 0 Å². The number of rotatable bonds is 4. The largest absolute Gasteiger partial charge is 0.468 e. The molecule has 0 aliphatic heterocycles. The molecule has 0 heterocycles. The predicted octanol–water partition coefficient (Wildman–Crippen LogP) is 1.82. The monoisotopic (exact) mass is 237 g/mol. The molecule has 1 rings (SSSR count). The molecule has 0 spiro atoms. The minimum absolute atomic E-state index is 0.167. The molecule has 1 aromatic carbocycles. The number of hydrogen-bond acceptors (Lipinski definition) is 4. The number of methoxy groups -OCH3 is 1. The summed E-state index contributed by atoms with van der Waals surface area (Å²) in [7, 11) is 1.27. The van der Waals surface area contributed by atoms with Gasteiger partial charge in [-0.1, -0.05) is 18.2 Å². The second kappa shape index (κ2) is 6.52. The summed E-state index contributed by atoms with van der Waals surface area (Å²) in [4.78, 5) is 24.2. The number of hydrogen-bond donors (Lipinski definition) is 0. The van der Waals surface area contributed by atoms with Crippen LogP contribution in [0.5, 0.6) is 0 Å². The maximum Gasteiger partial charge on any atom is 0.414 e. The Morgan fingerprint density at radius 3 is 2.41 bits per heavy atom. The molecule has 0 saturated carbocycles. The standard InChI is InChI=1S/C12H15NO4/c1-3-17-12(15)13(9-11(14)16-2)10-7-5-4-6-8-10/h4-8H,3,9H2,1-2H3. The van der Waals surface area contributed by atoms with E-state index >= 15 is 0 Å². The summed E-state index contributed by atoms with van der Waals surface area (Å²) in [6, 6.07) is 8.82. The summed E-state index contributed by atoms with van der Waals surface area (Å²) >= 11 is 0. The Kier molecular flexibility index (Phi) is 5.00. The third-order valence-corrected chi connectivity index (χ3v) is 2.07. The zero-order valence-corrected chi connectivity index (χ0v) is 9.88. The molecule has 0 fully saturated rings. The average molecular weight is 237 g/mol. The first-order valence-electron chi connectivity index (χ1n) is 5.25. The molecule has 0 aliphatic carbocycles. The van der Waals surface area contributed by atoms with Crippen molar-refractivity contribution >= 4 is 17.7 Å². The van der Waals surface area contributed by atoms with Crippen molar-refractivity contribution in [3.63, 3.8) is 0 Å². The Morgan fingerprint density at radius 2 is 1.88 bits per heavy atom. The molecule has 0 aliphatic rings. The molecule has 0 N–H and O–H groups in total. The molecule has 0 radical (unpaired) electrons. The first-order valence-corrected chi connectivity index (χ1v) is 5.25. The highest BCUT2D eigenvalue weighted by atomic mass is 16.6. The lowest BCUT2D eigenvalue weighted by Crippen LogP contribution is -2.36. The number of nitrogens with zero attached hydrogens (tertiary/aromatic N) is 1. The van der Waals surface area contributed by atoms with E-state index in [0.29, 0.717) is 5.69 Å². The fraction of sp³-hybridized carbons (Fsp3) is 0.333. The van der Waals surface area contributed by atoms with Gasteiger partial charge in [0.1, 0.15) is 6.54 Å². The van der Waals surface area contributed by atoms with E-state index in [1.54, 1.807) is 31.2 Å². The summed E-state index contributed by atoms with van der Waals surface area (Å²) in [5, 5.41) is 0. The topological polar surface area (TPSA) is 55.8 Å². The van der Waals surface area contributed by atoms with Crippen LogP contribution in [-0.4, -0.2) is 32.3 Å². The minimum Gasteiger partial charge on any atom is -0.468 e. The van der Waals surface area contributed by atoms with E-state index in [9.17, 15) is 9.59 Å². The molecule has 17 heavy (non-hydrogen) atoms. The second-order valence-corrected chi connectivity index (χ2v) is 3.20. The minimum atomic E-state index is -0.566. The van der Waals surface area contributed by atoms with Gasteiger partial charge in [0.15, 0.2) is 0 Å². The van der Waals surface area contributed by atoms with Gasteiger partial charge < -0.3 is 9.47 Å². The van der Waals surface area contributed by atoms with Crippen molar-refractivity contribution in [3.05, 3.63) is 30.3 Å². The van der Waals surface area contributed by atoms with Gasteiger partial charge in [-0.3, -0.25) is 9.69 Å². The number of para-hydroxylation sites is 1. The van der Waals surface area contributed by atoms with Crippen molar-refractivity contribution in [1.82, 2.24) is 0 Å². The highest BCUT2D eigenvalue weighted by Crippen LogP contribution is 2.14. The summed E-state index contributed by atoms with van der Waals surface area (Å²) in [5.74, 6) is -0.498. The molecule has 0 saturated heterocycles. The number of ether oxygens (including phenoxy) is 2. The maximum atomic E-state index is 11.7. The van der Waals surface area contributed by atoms with Crippen molar-refractivity contribution in [3.8, 4) is 0 Å². The normalized spacial score (nSPS) is 9.53. The van der Waals surface area contributed by atoms with Crippen LogP contribution in [0.15, 0.2) is 30.3 Å². The van der Waals surface area contributed by atoms with Crippen molar-refractivity contribution < 1.29 is 19.1 Å². The number of carbonyl (C=O) groups excluding carboxylic acids is 2. The lowest BCUT2D eigenvalue weighted by atomic mass is 10.3. The molecular weight excluding hydrogens is 222 g/mol. The molecule has 0 unspecified atom stereocenters. The number of benzene rings is 1. The Morgan fingerprint density at radius 1 is 1.24 bits per heavy atom. The first-order chi connectivity index (χ1) is 8.19. The van der Waals surface area contributed by atoms with Gasteiger partial charge in [0.05, 0.1) is 13.7 Å². The molecule has 0 atom stereocenters. The quantitative estimate of drug-likeness (QED) is 0.749. The van der Waals surface area contributed by atoms with E-state index in [0.717, 1.165) is 0 Å². The zero-order chi connectivity index (χ0) is 12.7. The highest BCUT2D eigenvalue weighted by Gasteiger charge is 2.20. The van der Waals surface area contributed by atoms with Gasteiger partial charge in [0, 0.05) is 5.69 Å². The molecule has 0 bridgehead atoms. The number of esters is 1. The van der Waals surface area contributed by atoms with E-state index in [1.165, 1.54) is 12.0 Å². The molecule has 1 aromatic rings. The van der Waals surface area contributed by atoms with E-state index in [1.807, 2.05) is 6.07 Å². The van der Waals surface area contributed by atoms with E-state index in [4.69, 9.17) is 4.74 Å². The lowest BCUT2D eigenvalue weighted by Gasteiger charge is -2.20. The third kappa shape index (κ3) is 3.79.